The highest BCUT2D eigenvalue weighted by atomic mass is 32.1. The van der Waals surface area contributed by atoms with Gasteiger partial charge in [-0.25, -0.2) is 0 Å². The van der Waals surface area contributed by atoms with Gasteiger partial charge in [0.15, 0.2) is 0 Å². The summed E-state index contributed by atoms with van der Waals surface area (Å²) in [5, 5.41) is 4.00. The largest absolute Gasteiger partial charge is 0.319 e. The average molecular weight is 233 g/mol. The summed E-state index contributed by atoms with van der Waals surface area (Å²) < 4.78 is 3.93. The number of aromatic nitrogens is 2. The number of hydrogen-bond donors (Lipinski definition) is 1. The monoisotopic (exact) mass is 233 g/mol. The van der Waals surface area contributed by atoms with Gasteiger partial charge in [-0.3, -0.25) is 0 Å². The molecule has 0 aliphatic heterocycles. The topological polar surface area (TPSA) is 51.8 Å². The van der Waals surface area contributed by atoms with E-state index in [2.05, 4.69) is 41.6 Å². The lowest BCUT2D eigenvalue weighted by molar-refractivity contribution is 0.864. The van der Waals surface area contributed by atoms with Crippen molar-refractivity contribution in [3.05, 3.63) is 45.5 Å². The van der Waals surface area contributed by atoms with Gasteiger partial charge in [0, 0.05) is 0 Å². The summed E-state index contributed by atoms with van der Waals surface area (Å²) in [5.74, 6) is 0. The van der Waals surface area contributed by atoms with E-state index in [0.717, 1.165) is 16.1 Å². The molecule has 2 N–H and O–H groups in total. The standard InChI is InChI=1S/C12H15N3S/c1-7-4-5-10(8(2)6-7)11(13)12-9(3)14-15-16-12/h4-6,11H,13H2,1-3H3. The van der Waals surface area contributed by atoms with Gasteiger partial charge < -0.3 is 5.73 Å². The van der Waals surface area contributed by atoms with E-state index in [1.807, 2.05) is 6.92 Å². The van der Waals surface area contributed by atoms with E-state index < -0.39 is 0 Å². The molecule has 0 fully saturated rings. The Bertz CT molecular complexity index is 505. The highest BCUT2D eigenvalue weighted by molar-refractivity contribution is 7.05. The van der Waals surface area contributed by atoms with Gasteiger partial charge in [-0.05, 0) is 43.4 Å². The Hall–Kier alpha value is -1.26. The molecule has 3 nitrogen and oxygen atoms in total. The number of rotatable bonds is 2. The number of hydrogen-bond acceptors (Lipinski definition) is 4. The Morgan fingerprint density at radius 3 is 2.56 bits per heavy atom. The first-order valence-corrected chi connectivity index (χ1v) is 5.98. The molecule has 1 aromatic heterocycles. The summed E-state index contributed by atoms with van der Waals surface area (Å²) in [7, 11) is 0. The van der Waals surface area contributed by atoms with Crippen molar-refractivity contribution >= 4 is 11.5 Å². The molecule has 0 radical (unpaired) electrons. The molecule has 0 aliphatic rings. The summed E-state index contributed by atoms with van der Waals surface area (Å²) in [6.07, 6.45) is 0. The molecule has 1 atom stereocenters. The van der Waals surface area contributed by atoms with Crippen molar-refractivity contribution in [3.8, 4) is 0 Å². The van der Waals surface area contributed by atoms with Gasteiger partial charge >= 0.3 is 0 Å². The molecule has 84 valence electrons. The van der Waals surface area contributed by atoms with Crippen LogP contribution in [-0.4, -0.2) is 9.59 Å². The number of nitrogens with zero attached hydrogens (tertiary/aromatic N) is 2. The first-order chi connectivity index (χ1) is 7.59. The van der Waals surface area contributed by atoms with Crippen LogP contribution in [0.4, 0.5) is 0 Å². The number of nitrogens with two attached hydrogens (primary N) is 1. The van der Waals surface area contributed by atoms with Gasteiger partial charge in [0.2, 0.25) is 0 Å². The average Bonchev–Trinajstić information content (AvgIpc) is 2.63. The van der Waals surface area contributed by atoms with Crippen LogP contribution in [0.25, 0.3) is 0 Å². The molecule has 0 saturated heterocycles. The zero-order valence-electron chi connectivity index (χ0n) is 9.69. The predicted octanol–water partition coefficient (Wildman–Crippen LogP) is 2.51. The molecule has 0 aliphatic carbocycles. The van der Waals surface area contributed by atoms with Crippen molar-refractivity contribution < 1.29 is 0 Å². The van der Waals surface area contributed by atoms with Crippen molar-refractivity contribution in [3.63, 3.8) is 0 Å². The SMILES string of the molecule is Cc1ccc(C(N)c2snnc2C)c(C)c1. The molecule has 1 aromatic carbocycles. The number of benzene rings is 1. The second kappa shape index (κ2) is 4.31. The van der Waals surface area contributed by atoms with Crippen LogP contribution in [0.3, 0.4) is 0 Å². The smallest absolute Gasteiger partial charge is 0.0776 e. The van der Waals surface area contributed by atoms with Gasteiger partial charge in [0.05, 0.1) is 16.6 Å². The molecule has 16 heavy (non-hydrogen) atoms. The van der Waals surface area contributed by atoms with Crippen LogP contribution in [0.15, 0.2) is 18.2 Å². The second-order valence-electron chi connectivity index (χ2n) is 4.06. The van der Waals surface area contributed by atoms with Crippen molar-refractivity contribution in [1.82, 2.24) is 9.59 Å². The van der Waals surface area contributed by atoms with Gasteiger partial charge in [-0.15, -0.1) is 5.10 Å². The van der Waals surface area contributed by atoms with E-state index in [0.29, 0.717) is 0 Å². The summed E-state index contributed by atoms with van der Waals surface area (Å²) in [5.41, 5.74) is 10.8. The maximum Gasteiger partial charge on any atom is 0.0776 e. The van der Waals surface area contributed by atoms with Crippen LogP contribution in [0.5, 0.6) is 0 Å². The lowest BCUT2D eigenvalue weighted by Crippen LogP contribution is -2.13. The Morgan fingerprint density at radius 2 is 2.00 bits per heavy atom. The minimum Gasteiger partial charge on any atom is -0.319 e. The van der Waals surface area contributed by atoms with Crippen LogP contribution >= 0.6 is 11.5 Å². The zero-order valence-corrected chi connectivity index (χ0v) is 10.5. The Balaban J connectivity index is 2.41. The molecule has 0 spiro atoms. The van der Waals surface area contributed by atoms with E-state index in [1.54, 1.807) is 0 Å². The normalized spacial score (nSPS) is 12.8. The highest BCUT2D eigenvalue weighted by Gasteiger charge is 2.16. The van der Waals surface area contributed by atoms with Gasteiger partial charge in [0.1, 0.15) is 0 Å². The van der Waals surface area contributed by atoms with Crippen LogP contribution < -0.4 is 5.73 Å². The van der Waals surface area contributed by atoms with Crippen molar-refractivity contribution in [1.29, 1.82) is 0 Å². The second-order valence-corrected chi connectivity index (χ2v) is 4.85. The molecule has 2 aromatic rings. The lowest BCUT2D eigenvalue weighted by Gasteiger charge is -2.13. The summed E-state index contributed by atoms with van der Waals surface area (Å²) in [6.45, 7) is 6.12. The molecule has 0 bridgehead atoms. The molecule has 1 unspecified atom stereocenters. The first kappa shape index (κ1) is 11.2. The third kappa shape index (κ3) is 1.99. The minimum absolute atomic E-state index is 0.111. The summed E-state index contributed by atoms with van der Waals surface area (Å²) >= 11 is 1.38. The lowest BCUT2D eigenvalue weighted by atomic mass is 9.98. The zero-order chi connectivity index (χ0) is 11.7. The Kier molecular flexibility index (Phi) is 3.03. The van der Waals surface area contributed by atoms with Crippen LogP contribution in [-0.2, 0) is 0 Å². The fourth-order valence-corrected chi connectivity index (χ4v) is 2.50. The third-order valence-corrected chi connectivity index (χ3v) is 3.64. The maximum absolute atomic E-state index is 6.24. The van der Waals surface area contributed by atoms with E-state index >= 15 is 0 Å². The maximum atomic E-state index is 6.24. The summed E-state index contributed by atoms with van der Waals surface area (Å²) in [6, 6.07) is 6.22. The number of aryl methyl sites for hydroxylation is 3. The molecule has 2 rings (SSSR count). The third-order valence-electron chi connectivity index (χ3n) is 2.73. The van der Waals surface area contributed by atoms with Crippen molar-refractivity contribution in [2.24, 2.45) is 5.73 Å². The Labute approximate surface area is 99.5 Å². The van der Waals surface area contributed by atoms with Crippen molar-refractivity contribution in [2.45, 2.75) is 26.8 Å². The highest BCUT2D eigenvalue weighted by Crippen LogP contribution is 2.26. The van der Waals surface area contributed by atoms with E-state index in [9.17, 15) is 0 Å². The van der Waals surface area contributed by atoms with E-state index in [1.165, 1.54) is 22.7 Å². The van der Waals surface area contributed by atoms with E-state index in [4.69, 9.17) is 5.73 Å². The van der Waals surface area contributed by atoms with Crippen LogP contribution in [0.1, 0.15) is 33.3 Å². The van der Waals surface area contributed by atoms with Gasteiger partial charge in [-0.1, -0.05) is 28.3 Å². The minimum atomic E-state index is -0.111. The molecule has 1 heterocycles. The van der Waals surface area contributed by atoms with E-state index in [-0.39, 0.29) is 6.04 Å². The molecule has 4 heteroatoms. The van der Waals surface area contributed by atoms with Gasteiger partial charge in [0.25, 0.3) is 0 Å². The molecule has 0 amide bonds. The quantitative estimate of drug-likeness (QED) is 0.867. The fourth-order valence-electron chi connectivity index (χ4n) is 1.84. The Morgan fingerprint density at radius 1 is 1.25 bits per heavy atom. The predicted molar refractivity (Wildman–Crippen MR) is 66.6 cm³/mol. The molecular formula is C12H15N3S. The fraction of sp³-hybridized carbons (Fsp3) is 0.333. The summed E-state index contributed by atoms with van der Waals surface area (Å²) in [4.78, 5) is 1.05. The molecule has 0 saturated carbocycles. The molecular weight excluding hydrogens is 218 g/mol. The van der Waals surface area contributed by atoms with Crippen molar-refractivity contribution in [2.75, 3.05) is 0 Å². The first-order valence-electron chi connectivity index (χ1n) is 5.21. The van der Waals surface area contributed by atoms with Crippen LogP contribution in [0.2, 0.25) is 0 Å². The van der Waals surface area contributed by atoms with Crippen LogP contribution in [0, 0.1) is 20.8 Å². The van der Waals surface area contributed by atoms with Gasteiger partial charge in [-0.2, -0.15) is 0 Å².